The second-order valence-corrected chi connectivity index (χ2v) is 3.93. The Hall–Kier alpha value is -0.865. The van der Waals surface area contributed by atoms with Gasteiger partial charge in [-0.05, 0) is 24.6 Å². The van der Waals surface area contributed by atoms with Crippen LogP contribution in [0.15, 0.2) is 18.2 Å². The molecule has 0 bridgehead atoms. The Morgan fingerprint density at radius 3 is 3.00 bits per heavy atom. The normalized spacial score (nSPS) is 21.3. The van der Waals surface area contributed by atoms with Crippen molar-refractivity contribution in [2.75, 3.05) is 13.2 Å². The van der Waals surface area contributed by atoms with Gasteiger partial charge in [-0.15, -0.1) is 0 Å². The van der Waals surface area contributed by atoms with E-state index in [1.54, 1.807) is 6.07 Å². The van der Waals surface area contributed by atoms with E-state index in [0.29, 0.717) is 6.61 Å². The van der Waals surface area contributed by atoms with E-state index in [9.17, 15) is 4.39 Å². The van der Waals surface area contributed by atoms with Gasteiger partial charge in [-0.1, -0.05) is 11.5 Å². The van der Waals surface area contributed by atoms with Crippen molar-refractivity contribution in [1.82, 2.24) is 0 Å². The standard InChI is InChI=1S/C11H14BFO2/c1-7(14-5-9-6-15-9)10-3-2-8(13)4-11(10)12/h2-4,7,9H,5-6,12H2,1H3/t7-,9+/m1/s1. The van der Waals surface area contributed by atoms with Crippen LogP contribution in [0.5, 0.6) is 0 Å². The van der Waals surface area contributed by atoms with Crippen LogP contribution in [0.2, 0.25) is 0 Å². The summed E-state index contributed by atoms with van der Waals surface area (Å²) in [5.74, 6) is -0.200. The predicted molar refractivity (Wildman–Crippen MR) is 58.7 cm³/mol. The highest BCUT2D eigenvalue weighted by molar-refractivity contribution is 6.33. The molecule has 0 spiro atoms. The van der Waals surface area contributed by atoms with Crippen LogP contribution in [0.1, 0.15) is 18.6 Å². The van der Waals surface area contributed by atoms with Gasteiger partial charge >= 0.3 is 0 Å². The second-order valence-electron chi connectivity index (χ2n) is 3.93. The molecule has 15 heavy (non-hydrogen) atoms. The van der Waals surface area contributed by atoms with Crippen molar-refractivity contribution in [3.8, 4) is 0 Å². The van der Waals surface area contributed by atoms with E-state index in [-0.39, 0.29) is 18.0 Å². The summed E-state index contributed by atoms with van der Waals surface area (Å²) in [4.78, 5) is 0. The van der Waals surface area contributed by atoms with Crippen LogP contribution in [-0.4, -0.2) is 27.2 Å². The highest BCUT2D eigenvalue weighted by Gasteiger charge is 2.23. The first kappa shape index (κ1) is 10.6. The maximum atomic E-state index is 12.9. The van der Waals surface area contributed by atoms with Crippen LogP contribution in [-0.2, 0) is 9.47 Å². The fourth-order valence-electron chi connectivity index (χ4n) is 1.60. The van der Waals surface area contributed by atoms with Crippen LogP contribution in [0.25, 0.3) is 0 Å². The molecule has 1 heterocycles. The Kier molecular flexibility index (Phi) is 3.07. The van der Waals surface area contributed by atoms with Gasteiger partial charge in [0.1, 0.15) is 19.8 Å². The molecule has 0 unspecified atom stereocenters. The molecule has 1 aliphatic heterocycles. The topological polar surface area (TPSA) is 21.8 Å². The SMILES string of the molecule is Bc1cc(F)ccc1[C@@H](C)OC[C@H]1CO1. The van der Waals surface area contributed by atoms with Gasteiger partial charge in [0.05, 0.1) is 19.3 Å². The maximum absolute atomic E-state index is 12.9. The lowest BCUT2D eigenvalue weighted by molar-refractivity contribution is 0.0545. The van der Waals surface area contributed by atoms with E-state index in [1.165, 1.54) is 12.1 Å². The number of halogens is 1. The molecule has 80 valence electrons. The third-order valence-corrected chi connectivity index (χ3v) is 2.60. The monoisotopic (exact) mass is 208 g/mol. The zero-order valence-electron chi connectivity index (χ0n) is 9.00. The second kappa shape index (κ2) is 4.33. The molecule has 1 aromatic rings. The quantitative estimate of drug-likeness (QED) is 0.532. The molecule has 1 saturated heterocycles. The van der Waals surface area contributed by atoms with Gasteiger partial charge in [-0.2, -0.15) is 0 Å². The van der Waals surface area contributed by atoms with Gasteiger partial charge in [0.15, 0.2) is 0 Å². The first-order valence-electron chi connectivity index (χ1n) is 5.16. The summed E-state index contributed by atoms with van der Waals surface area (Å²) >= 11 is 0. The van der Waals surface area contributed by atoms with Crippen LogP contribution < -0.4 is 5.46 Å². The smallest absolute Gasteiger partial charge is 0.139 e. The summed E-state index contributed by atoms with van der Waals surface area (Å²) in [5.41, 5.74) is 1.97. The third kappa shape index (κ3) is 2.80. The van der Waals surface area contributed by atoms with Crippen molar-refractivity contribution in [3.63, 3.8) is 0 Å². The Bertz CT molecular complexity index is 352. The molecule has 0 saturated carbocycles. The fraction of sp³-hybridized carbons (Fsp3) is 0.455. The van der Waals surface area contributed by atoms with Crippen molar-refractivity contribution < 1.29 is 13.9 Å². The first-order chi connectivity index (χ1) is 7.16. The fourth-order valence-corrected chi connectivity index (χ4v) is 1.60. The van der Waals surface area contributed by atoms with E-state index >= 15 is 0 Å². The summed E-state index contributed by atoms with van der Waals surface area (Å²) in [6.45, 7) is 3.40. The Labute approximate surface area is 89.8 Å². The molecule has 0 amide bonds. The molecule has 1 aliphatic rings. The molecule has 0 aliphatic carbocycles. The molecule has 0 N–H and O–H groups in total. The van der Waals surface area contributed by atoms with Crippen LogP contribution in [0.3, 0.4) is 0 Å². The zero-order valence-corrected chi connectivity index (χ0v) is 9.00. The van der Waals surface area contributed by atoms with Gasteiger partial charge in [-0.25, -0.2) is 4.39 Å². The summed E-state index contributed by atoms with van der Waals surface area (Å²) < 4.78 is 23.6. The molecule has 0 aromatic heterocycles. The third-order valence-electron chi connectivity index (χ3n) is 2.60. The largest absolute Gasteiger partial charge is 0.371 e. The van der Waals surface area contributed by atoms with Gasteiger partial charge in [0, 0.05) is 0 Å². The molecule has 1 aromatic carbocycles. The number of epoxide rings is 1. The van der Waals surface area contributed by atoms with E-state index in [0.717, 1.165) is 17.6 Å². The first-order valence-corrected chi connectivity index (χ1v) is 5.16. The Morgan fingerprint density at radius 2 is 2.40 bits per heavy atom. The van der Waals surface area contributed by atoms with Crippen LogP contribution in [0, 0.1) is 5.82 Å². The van der Waals surface area contributed by atoms with Crippen molar-refractivity contribution in [1.29, 1.82) is 0 Å². The van der Waals surface area contributed by atoms with E-state index in [1.807, 2.05) is 14.8 Å². The van der Waals surface area contributed by atoms with E-state index in [4.69, 9.17) is 9.47 Å². The minimum absolute atomic E-state index is 0.00481. The van der Waals surface area contributed by atoms with Crippen molar-refractivity contribution in [2.24, 2.45) is 0 Å². The lowest BCUT2D eigenvalue weighted by Crippen LogP contribution is -2.16. The van der Waals surface area contributed by atoms with Crippen molar-refractivity contribution in [3.05, 3.63) is 29.6 Å². The zero-order chi connectivity index (χ0) is 10.8. The average molecular weight is 208 g/mol. The Morgan fingerprint density at radius 1 is 1.67 bits per heavy atom. The highest BCUT2D eigenvalue weighted by atomic mass is 19.1. The molecule has 0 radical (unpaired) electrons. The summed E-state index contributed by atoms with van der Waals surface area (Å²) in [5, 5.41) is 0. The molecular formula is C11H14BFO2. The van der Waals surface area contributed by atoms with Crippen LogP contribution >= 0.6 is 0 Å². The number of hydrogen-bond donors (Lipinski definition) is 0. The molecular weight excluding hydrogens is 194 g/mol. The summed E-state index contributed by atoms with van der Waals surface area (Å²) in [6, 6.07) is 4.78. The summed E-state index contributed by atoms with van der Waals surface area (Å²) in [6.07, 6.45) is 0.267. The van der Waals surface area contributed by atoms with Gasteiger partial charge in [-0.3, -0.25) is 0 Å². The Balaban J connectivity index is 1.99. The minimum atomic E-state index is -0.200. The number of rotatable bonds is 4. The predicted octanol–water partition coefficient (Wildman–Crippen LogP) is 0.560. The lowest BCUT2D eigenvalue weighted by atomic mass is 9.88. The van der Waals surface area contributed by atoms with Gasteiger partial charge < -0.3 is 9.47 Å². The molecule has 2 rings (SSSR count). The summed E-state index contributed by atoms with van der Waals surface area (Å²) in [7, 11) is 1.89. The molecule has 2 nitrogen and oxygen atoms in total. The van der Waals surface area contributed by atoms with Crippen LogP contribution in [0.4, 0.5) is 4.39 Å². The van der Waals surface area contributed by atoms with Gasteiger partial charge in [0.25, 0.3) is 0 Å². The number of hydrogen-bond acceptors (Lipinski definition) is 2. The highest BCUT2D eigenvalue weighted by Crippen LogP contribution is 2.18. The number of ether oxygens (including phenoxy) is 2. The maximum Gasteiger partial charge on any atom is 0.139 e. The van der Waals surface area contributed by atoms with E-state index < -0.39 is 0 Å². The van der Waals surface area contributed by atoms with E-state index in [2.05, 4.69) is 0 Å². The number of benzene rings is 1. The molecule has 4 heteroatoms. The van der Waals surface area contributed by atoms with Crippen molar-refractivity contribution >= 4 is 13.3 Å². The van der Waals surface area contributed by atoms with Crippen molar-refractivity contribution in [2.45, 2.75) is 19.1 Å². The van der Waals surface area contributed by atoms with Gasteiger partial charge in [0.2, 0.25) is 0 Å². The average Bonchev–Trinajstić information content (AvgIpc) is 2.97. The molecule has 1 fully saturated rings. The lowest BCUT2D eigenvalue weighted by Gasteiger charge is -2.15. The molecule has 2 atom stereocenters. The minimum Gasteiger partial charge on any atom is -0.371 e.